The van der Waals surface area contributed by atoms with E-state index < -0.39 is 5.97 Å². The van der Waals surface area contributed by atoms with Crippen LogP contribution >= 0.6 is 11.8 Å². The van der Waals surface area contributed by atoms with Gasteiger partial charge in [-0.05, 0) is 12.2 Å². The largest absolute Gasteiger partial charge is 0.480 e. The third-order valence-corrected chi connectivity index (χ3v) is 3.60. The van der Waals surface area contributed by atoms with Crippen LogP contribution in [0.2, 0.25) is 0 Å². The molecule has 1 aliphatic rings. The second-order valence-corrected chi connectivity index (χ2v) is 4.97. The van der Waals surface area contributed by atoms with Gasteiger partial charge in [0.2, 0.25) is 0 Å². The molecule has 2 amide bonds. The minimum absolute atomic E-state index is 0.159. The fraction of sp³-hybridized carbons (Fsp3) is 0.800. The number of hydrogen-bond donors (Lipinski definition) is 2. The van der Waals surface area contributed by atoms with Crippen LogP contribution in [-0.4, -0.2) is 66.4 Å². The van der Waals surface area contributed by atoms with Crippen molar-refractivity contribution in [1.82, 2.24) is 10.2 Å². The lowest BCUT2D eigenvalue weighted by Crippen LogP contribution is -2.47. The van der Waals surface area contributed by atoms with E-state index in [0.29, 0.717) is 6.61 Å². The quantitative estimate of drug-likeness (QED) is 0.716. The highest BCUT2D eigenvalue weighted by molar-refractivity contribution is 7.99. The first kappa shape index (κ1) is 14.1. The maximum absolute atomic E-state index is 11.8. The Bertz CT molecular complexity index is 269. The van der Waals surface area contributed by atoms with Crippen LogP contribution in [0.25, 0.3) is 0 Å². The number of nitrogens with zero attached hydrogens (tertiary/aromatic N) is 1. The smallest absolute Gasteiger partial charge is 0.323 e. The van der Waals surface area contributed by atoms with Crippen LogP contribution in [0.15, 0.2) is 0 Å². The number of carbonyl (C=O) groups is 2. The summed E-state index contributed by atoms with van der Waals surface area (Å²) in [4.78, 5) is 23.7. The number of methoxy groups -OCH3 is 1. The summed E-state index contributed by atoms with van der Waals surface area (Å²) in [6.45, 7) is 0.323. The van der Waals surface area contributed by atoms with Gasteiger partial charge in [0.1, 0.15) is 6.54 Å². The van der Waals surface area contributed by atoms with Crippen molar-refractivity contribution in [2.24, 2.45) is 0 Å². The van der Waals surface area contributed by atoms with Gasteiger partial charge in [-0.25, -0.2) is 4.79 Å². The monoisotopic (exact) mass is 262 g/mol. The average Bonchev–Trinajstić information content (AvgIpc) is 2.76. The second-order valence-electron chi connectivity index (χ2n) is 3.82. The van der Waals surface area contributed by atoms with E-state index in [-0.39, 0.29) is 25.2 Å². The molecule has 1 rings (SSSR count). The van der Waals surface area contributed by atoms with Gasteiger partial charge < -0.3 is 20.1 Å². The number of carboxylic acids is 1. The number of aliphatic carboxylic acids is 1. The zero-order valence-electron chi connectivity index (χ0n) is 9.85. The van der Waals surface area contributed by atoms with E-state index in [1.807, 2.05) is 0 Å². The molecular formula is C10H18N2O4S. The Kier molecular flexibility index (Phi) is 6.13. The second kappa shape index (κ2) is 7.39. The molecule has 98 valence electrons. The van der Waals surface area contributed by atoms with E-state index >= 15 is 0 Å². The summed E-state index contributed by atoms with van der Waals surface area (Å²) in [5.74, 6) is 0.927. The molecule has 17 heavy (non-hydrogen) atoms. The van der Waals surface area contributed by atoms with E-state index in [2.05, 4.69) is 5.32 Å². The van der Waals surface area contributed by atoms with Crippen LogP contribution in [0.4, 0.5) is 4.79 Å². The molecule has 0 aromatic carbocycles. The highest BCUT2D eigenvalue weighted by Gasteiger charge is 2.22. The maximum Gasteiger partial charge on any atom is 0.323 e. The first-order valence-corrected chi connectivity index (χ1v) is 6.63. The number of ether oxygens (including phenoxy) is 1. The van der Waals surface area contributed by atoms with Gasteiger partial charge >= 0.3 is 12.0 Å². The first-order valence-electron chi connectivity index (χ1n) is 5.47. The third kappa shape index (κ3) is 5.27. The van der Waals surface area contributed by atoms with Gasteiger partial charge in [0, 0.05) is 25.4 Å². The molecule has 1 fully saturated rings. The van der Waals surface area contributed by atoms with Crippen molar-refractivity contribution in [2.75, 3.05) is 38.3 Å². The molecule has 0 saturated carbocycles. The molecule has 1 aliphatic heterocycles. The zero-order valence-corrected chi connectivity index (χ0v) is 10.7. The molecule has 0 radical (unpaired) electrons. The Morgan fingerprint density at radius 1 is 1.59 bits per heavy atom. The van der Waals surface area contributed by atoms with Crippen molar-refractivity contribution in [3.05, 3.63) is 0 Å². The number of thioether (sulfide) groups is 1. The van der Waals surface area contributed by atoms with Gasteiger partial charge in [-0.2, -0.15) is 11.8 Å². The number of urea groups is 1. The molecule has 6 nitrogen and oxygen atoms in total. The summed E-state index contributed by atoms with van der Waals surface area (Å²) in [6.07, 6.45) is 0.946. The predicted octanol–water partition coefficient (Wildman–Crippen LogP) is 0.234. The Morgan fingerprint density at radius 3 is 2.88 bits per heavy atom. The molecule has 1 unspecified atom stereocenters. The lowest BCUT2D eigenvalue weighted by Gasteiger charge is -2.22. The molecule has 2 N–H and O–H groups in total. The summed E-state index contributed by atoms with van der Waals surface area (Å²) in [5, 5.41) is 11.6. The standard InChI is InChI=1S/C10H18N2O4S/c1-16-4-3-12(6-9(13)14)10(15)11-8-2-5-17-7-8/h8H,2-7H2,1H3,(H,11,15)(H,13,14). The average molecular weight is 262 g/mol. The molecule has 7 heteroatoms. The molecule has 0 spiro atoms. The molecule has 0 aromatic heterocycles. The van der Waals surface area contributed by atoms with Crippen molar-refractivity contribution in [3.8, 4) is 0 Å². The van der Waals surface area contributed by atoms with Gasteiger partial charge in [0.05, 0.1) is 6.61 Å². The summed E-state index contributed by atoms with van der Waals surface area (Å²) >= 11 is 1.79. The molecule has 0 aliphatic carbocycles. The first-order chi connectivity index (χ1) is 8.13. The number of amides is 2. The molecule has 0 bridgehead atoms. The fourth-order valence-electron chi connectivity index (χ4n) is 1.53. The highest BCUT2D eigenvalue weighted by Crippen LogP contribution is 2.17. The third-order valence-electron chi connectivity index (χ3n) is 2.44. The van der Waals surface area contributed by atoms with Crippen LogP contribution in [0.5, 0.6) is 0 Å². The zero-order chi connectivity index (χ0) is 12.7. The van der Waals surface area contributed by atoms with E-state index in [1.54, 1.807) is 11.8 Å². The Labute approximate surface area is 105 Å². The van der Waals surface area contributed by atoms with Gasteiger partial charge in [-0.15, -0.1) is 0 Å². The van der Waals surface area contributed by atoms with Gasteiger partial charge in [-0.1, -0.05) is 0 Å². The number of carbonyl (C=O) groups excluding carboxylic acids is 1. The normalized spacial score (nSPS) is 19.0. The van der Waals surface area contributed by atoms with Crippen molar-refractivity contribution >= 4 is 23.8 Å². The molecule has 0 aromatic rings. The van der Waals surface area contributed by atoms with E-state index in [4.69, 9.17) is 9.84 Å². The molecule has 1 heterocycles. The maximum atomic E-state index is 11.8. The lowest BCUT2D eigenvalue weighted by molar-refractivity contribution is -0.137. The van der Waals surface area contributed by atoms with Crippen LogP contribution < -0.4 is 5.32 Å². The molecule has 1 atom stereocenters. The van der Waals surface area contributed by atoms with Gasteiger partial charge in [-0.3, -0.25) is 4.79 Å². The Hall–Kier alpha value is -0.950. The van der Waals surface area contributed by atoms with Crippen molar-refractivity contribution in [2.45, 2.75) is 12.5 Å². The van der Waals surface area contributed by atoms with Gasteiger partial charge in [0.15, 0.2) is 0 Å². The summed E-state index contributed by atoms with van der Waals surface area (Å²) < 4.78 is 4.86. The topological polar surface area (TPSA) is 78.9 Å². The molecular weight excluding hydrogens is 244 g/mol. The van der Waals surface area contributed by atoms with E-state index in [9.17, 15) is 9.59 Å². The minimum Gasteiger partial charge on any atom is -0.480 e. The fourth-order valence-corrected chi connectivity index (χ4v) is 2.68. The van der Waals surface area contributed by atoms with Crippen molar-refractivity contribution in [3.63, 3.8) is 0 Å². The number of hydrogen-bond acceptors (Lipinski definition) is 4. The van der Waals surface area contributed by atoms with Gasteiger partial charge in [0.25, 0.3) is 0 Å². The van der Waals surface area contributed by atoms with Crippen LogP contribution in [0.1, 0.15) is 6.42 Å². The van der Waals surface area contributed by atoms with Crippen molar-refractivity contribution < 1.29 is 19.4 Å². The summed E-state index contributed by atoms with van der Waals surface area (Å²) in [6, 6.07) is -0.164. The summed E-state index contributed by atoms with van der Waals surface area (Å²) in [5.41, 5.74) is 0. The van der Waals surface area contributed by atoms with Crippen LogP contribution in [-0.2, 0) is 9.53 Å². The SMILES string of the molecule is COCCN(CC(=O)O)C(=O)NC1CCSC1. The highest BCUT2D eigenvalue weighted by atomic mass is 32.2. The number of carboxylic acid groups (broad SMARTS) is 1. The minimum atomic E-state index is -1.02. The Balaban J connectivity index is 2.42. The lowest BCUT2D eigenvalue weighted by atomic mass is 10.3. The Morgan fingerprint density at radius 2 is 2.35 bits per heavy atom. The van der Waals surface area contributed by atoms with E-state index in [0.717, 1.165) is 17.9 Å². The van der Waals surface area contributed by atoms with Crippen LogP contribution in [0.3, 0.4) is 0 Å². The van der Waals surface area contributed by atoms with Crippen LogP contribution in [0, 0.1) is 0 Å². The number of rotatable bonds is 6. The summed E-state index contributed by atoms with van der Waals surface area (Å²) in [7, 11) is 1.52. The van der Waals surface area contributed by atoms with E-state index in [1.165, 1.54) is 12.0 Å². The predicted molar refractivity (Wildman–Crippen MR) is 65.3 cm³/mol. The molecule has 1 saturated heterocycles. The van der Waals surface area contributed by atoms with Crippen molar-refractivity contribution in [1.29, 1.82) is 0 Å². The number of nitrogens with one attached hydrogen (secondary N) is 1.